The monoisotopic (exact) mass is 349 g/mol. The van der Waals surface area contributed by atoms with Crippen LogP contribution in [0.5, 0.6) is 0 Å². The number of hydrogen-bond acceptors (Lipinski definition) is 4. The average molecular weight is 349 g/mol. The van der Waals surface area contributed by atoms with Gasteiger partial charge >= 0.3 is 6.18 Å². The highest BCUT2D eigenvalue weighted by Crippen LogP contribution is 2.30. The first-order valence-electron chi connectivity index (χ1n) is 6.99. The molecule has 2 aromatic heterocycles. The molecule has 3 heterocycles. The van der Waals surface area contributed by atoms with Crippen LogP contribution in [0.3, 0.4) is 0 Å². The predicted molar refractivity (Wildman–Crippen MR) is 71.7 cm³/mol. The largest absolute Gasteiger partial charge is 0.450 e. The molecule has 0 aliphatic carbocycles. The van der Waals surface area contributed by atoms with Crippen LogP contribution in [-0.4, -0.2) is 57.3 Å². The number of carbonyl (C=O) groups is 1. The van der Waals surface area contributed by atoms with Crippen molar-refractivity contribution < 1.29 is 26.7 Å². The minimum absolute atomic E-state index is 0.0999. The molecular weight excluding hydrogens is 337 g/mol. The van der Waals surface area contributed by atoms with Gasteiger partial charge in [0, 0.05) is 32.0 Å². The summed E-state index contributed by atoms with van der Waals surface area (Å²) in [4.78, 5) is 20.7. The first-order valence-corrected chi connectivity index (χ1v) is 6.99. The highest BCUT2D eigenvalue weighted by molar-refractivity contribution is 5.99. The Balaban J connectivity index is 1.99. The van der Waals surface area contributed by atoms with Crippen LogP contribution < -0.4 is 5.32 Å². The van der Waals surface area contributed by atoms with Crippen LogP contribution >= 0.6 is 0 Å². The van der Waals surface area contributed by atoms with Crippen LogP contribution in [0.25, 0.3) is 5.52 Å². The van der Waals surface area contributed by atoms with Gasteiger partial charge in [0.15, 0.2) is 5.69 Å². The Morgan fingerprint density at radius 2 is 2.12 bits per heavy atom. The van der Waals surface area contributed by atoms with E-state index in [0.717, 1.165) is 23.5 Å². The Hall–Kier alpha value is -2.30. The Morgan fingerprint density at radius 3 is 2.79 bits per heavy atom. The number of halogens is 5. The summed E-state index contributed by atoms with van der Waals surface area (Å²) in [6, 6.07) is -1.23. The molecule has 1 amide bonds. The van der Waals surface area contributed by atoms with E-state index < -0.39 is 36.1 Å². The Kier molecular flexibility index (Phi) is 4.11. The van der Waals surface area contributed by atoms with Gasteiger partial charge in [0.25, 0.3) is 12.3 Å². The van der Waals surface area contributed by atoms with Gasteiger partial charge in [-0.3, -0.25) is 14.2 Å². The number of imidazole rings is 1. The first-order chi connectivity index (χ1) is 11.3. The molecule has 1 fully saturated rings. The topological polar surface area (TPSA) is 62.5 Å². The van der Waals surface area contributed by atoms with Gasteiger partial charge in [-0.2, -0.15) is 13.2 Å². The van der Waals surface area contributed by atoms with Crippen LogP contribution in [0.1, 0.15) is 16.3 Å². The first kappa shape index (κ1) is 16.6. The second kappa shape index (κ2) is 5.96. The van der Waals surface area contributed by atoms with Crippen molar-refractivity contribution in [1.29, 1.82) is 0 Å². The van der Waals surface area contributed by atoms with Crippen molar-refractivity contribution in [2.24, 2.45) is 0 Å². The molecular formula is C13H12F5N5O. The summed E-state index contributed by atoms with van der Waals surface area (Å²) >= 11 is 0. The predicted octanol–water partition coefficient (Wildman–Crippen LogP) is 1.43. The maximum absolute atomic E-state index is 13.1. The van der Waals surface area contributed by atoms with E-state index in [0.29, 0.717) is 4.40 Å². The summed E-state index contributed by atoms with van der Waals surface area (Å²) in [5.41, 5.74) is -0.577. The van der Waals surface area contributed by atoms with Gasteiger partial charge in [-0.25, -0.2) is 13.8 Å². The van der Waals surface area contributed by atoms with Crippen molar-refractivity contribution in [2.45, 2.75) is 18.6 Å². The highest BCUT2D eigenvalue weighted by atomic mass is 19.4. The second-order valence-electron chi connectivity index (χ2n) is 5.26. The van der Waals surface area contributed by atoms with E-state index in [9.17, 15) is 26.7 Å². The lowest BCUT2D eigenvalue weighted by atomic mass is 10.2. The number of nitrogens with zero attached hydrogens (tertiary/aromatic N) is 4. The molecule has 0 radical (unpaired) electrons. The third-order valence-electron chi connectivity index (χ3n) is 3.70. The molecule has 1 aliphatic rings. The zero-order valence-corrected chi connectivity index (χ0v) is 12.1. The number of alkyl halides is 5. The molecule has 0 aromatic carbocycles. The Morgan fingerprint density at radius 1 is 1.38 bits per heavy atom. The zero-order chi connectivity index (χ0) is 17.5. The zero-order valence-electron chi connectivity index (χ0n) is 12.1. The average Bonchev–Trinajstić information content (AvgIpc) is 2.94. The smallest absolute Gasteiger partial charge is 0.334 e. The second-order valence-corrected chi connectivity index (χ2v) is 5.26. The van der Waals surface area contributed by atoms with E-state index in [1.807, 2.05) is 0 Å². The molecule has 1 aliphatic heterocycles. The lowest BCUT2D eigenvalue weighted by Gasteiger charge is -2.32. The van der Waals surface area contributed by atoms with Gasteiger partial charge in [0.2, 0.25) is 5.82 Å². The number of rotatable bonds is 2. The van der Waals surface area contributed by atoms with Crippen LogP contribution in [0, 0.1) is 0 Å². The molecule has 1 N–H and O–H groups in total. The van der Waals surface area contributed by atoms with E-state index >= 15 is 0 Å². The Labute approximate surface area is 132 Å². The summed E-state index contributed by atoms with van der Waals surface area (Å²) < 4.78 is 65.5. The molecule has 24 heavy (non-hydrogen) atoms. The number of amides is 1. The van der Waals surface area contributed by atoms with Crippen molar-refractivity contribution in [3.05, 3.63) is 30.1 Å². The summed E-state index contributed by atoms with van der Waals surface area (Å²) in [5, 5.41) is 2.56. The molecule has 0 bridgehead atoms. The highest BCUT2D eigenvalue weighted by Gasteiger charge is 2.39. The van der Waals surface area contributed by atoms with E-state index in [4.69, 9.17) is 0 Å². The number of carbonyl (C=O) groups excluding carboxylic acids is 1. The van der Waals surface area contributed by atoms with E-state index in [1.165, 1.54) is 0 Å². The molecule has 1 unspecified atom stereocenters. The summed E-state index contributed by atoms with van der Waals surface area (Å²) in [6.45, 7) is -0.0866. The molecule has 11 heteroatoms. The molecule has 1 atom stereocenters. The van der Waals surface area contributed by atoms with E-state index in [2.05, 4.69) is 15.3 Å². The number of piperazine rings is 1. The van der Waals surface area contributed by atoms with Crippen LogP contribution in [0.4, 0.5) is 22.0 Å². The van der Waals surface area contributed by atoms with Crippen molar-refractivity contribution >= 4 is 11.4 Å². The van der Waals surface area contributed by atoms with Gasteiger partial charge in [-0.1, -0.05) is 0 Å². The van der Waals surface area contributed by atoms with Crippen molar-refractivity contribution in [3.8, 4) is 0 Å². The maximum atomic E-state index is 13.1. The van der Waals surface area contributed by atoms with E-state index in [-0.39, 0.29) is 25.2 Å². The summed E-state index contributed by atoms with van der Waals surface area (Å²) in [5.74, 6) is -2.09. The van der Waals surface area contributed by atoms with Gasteiger partial charge in [0.05, 0.1) is 17.8 Å². The van der Waals surface area contributed by atoms with Crippen LogP contribution in [0.2, 0.25) is 0 Å². The minimum Gasteiger partial charge on any atom is -0.334 e. The third kappa shape index (κ3) is 2.90. The van der Waals surface area contributed by atoms with Gasteiger partial charge in [0.1, 0.15) is 0 Å². The van der Waals surface area contributed by atoms with Crippen molar-refractivity contribution in [1.82, 2.24) is 24.6 Å². The van der Waals surface area contributed by atoms with Crippen LogP contribution in [0.15, 0.2) is 18.6 Å². The summed E-state index contributed by atoms with van der Waals surface area (Å²) in [7, 11) is 0. The normalized spacial score (nSPS) is 19.2. The quantitative estimate of drug-likeness (QED) is 0.834. The molecule has 0 spiro atoms. The molecule has 3 rings (SSSR count). The standard InChI is InChI=1S/C13H12F5N5O/c14-10(15)7-6-22(3-2-20-7)11(24)9-8-5-19-1-4-23(8)12(21-9)13(16,17)18/h1,4-5,7,10,20H,2-3,6H2. The van der Waals surface area contributed by atoms with Gasteiger partial charge < -0.3 is 10.2 Å². The SMILES string of the molecule is O=C(c1nc(C(F)(F)F)n2ccncc12)N1CCNC(C(F)F)C1. The van der Waals surface area contributed by atoms with E-state index in [1.54, 1.807) is 0 Å². The lowest BCUT2D eigenvalue weighted by Crippen LogP contribution is -2.55. The number of hydrogen-bond donors (Lipinski definition) is 1. The fourth-order valence-corrected chi connectivity index (χ4v) is 2.58. The van der Waals surface area contributed by atoms with Crippen LogP contribution in [-0.2, 0) is 6.18 Å². The minimum atomic E-state index is -4.77. The van der Waals surface area contributed by atoms with Gasteiger partial charge in [-0.15, -0.1) is 0 Å². The molecule has 2 aromatic rings. The number of nitrogens with one attached hydrogen (secondary N) is 1. The number of aromatic nitrogens is 3. The van der Waals surface area contributed by atoms with Gasteiger partial charge in [-0.05, 0) is 0 Å². The Bertz CT molecular complexity index is 759. The lowest BCUT2D eigenvalue weighted by molar-refractivity contribution is -0.145. The molecule has 6 nitrogen and oxygen atoms in total. The van der Waals surface area contributed by atoms with Crippen molar-refractivity contribution in [2.75, 3.05) is 19.6 Å². The molecule has 130 valence electrons. The fourth-order valence-electron chi connectivity index (χ4n) is 2.58. The third-order valence-corrected chi connectivity index (χ3v) is 3.70. The fraction of sp³-hybridized carbons (Fsp3) is 0.462. The maximum Gasteiger partial charge on any atom is 0.450 e. The number of fused-ring (bicyclic) bond motifs is 1. The van der Waals surface area contributed by atoms with Crippen molar-refractivity contribution in [3.63, 3.8) is 0 Å². The molecule has 0 saturated carbocycles. The molecule has 1 saturated heterocycles. The summed E-state index contributed by atoms with van der Waals surface area (Å²) in [6.07, 6.45) is -4.19.